The second-order valence-corrected chi connectivity index (χ2v) is 4.60. The molecule has 0 aliphatic rings. The topological polar surface area (TPSA) is 75.1 Å². The third-order valence-corrected chi connectivity index (χ3v) is 2.67. The molecule has 0 spiro atoms. The van der Waals surface area contributed by atoms with Crippen LogP contribution in [-0.2, 0) is 4.74 Å². The maximum Gasteiger partial charge on any atom is 0.187 e. The predicted octanol–water partition coefficient (Wildman–Crippen LogP) is 1.63. The van der Waals surface area contributed by atoms with Gasteiger partial charge in [-0.3, -0.25) is 5.43 Å². The van der Waals surface area contributed by atoms with Crippen LogP contribution in [-0.4, -0.2) is 43.3 Å². The Morgan fingerprint density at radius 3 is 2.90 bits per heavy atom. The summed E-state index contributed by atoms with van der Waals surface area (Å²) < 4.78 is 10.3. The minimum atomic E-state index is 0.104. The fourth-order valence-electron chi connectivity index (χ4n) is 1.41. The fourth-order valence-corrected chi connectivity index (χ4v) is 1.56. The van der Waals surface area contributed by atoms with E-state index in [1.54, 1.807) is 25.3 Å². The van der Waals surface area contributed by atoms with Gasteiger partial charge in [0.2, 0.25) is 0 Å². The van der Waals surface area contributed by atoms with Crippen molar-refractivity contribution < 1.29 is 14.6 Å². The van der Waals surface area contributed by atoms with E-state index >= 15 is 0 Å². The Hall–Kier alpha value is -1.86. The molecule has 116 valence electrons. The van der Waals surface area contributed by atoms with Crippen LogP contribution in [0.1, 0.15) is 18.9 Å². The number of rotatable bonds is 8. The van der Waals surface area contributed by atoms with E-state index in [9.17, 15) is 5.11 Å². The van der Waals surface area contributed by atoms with Gasteiger partial charge in [0.25, 0.3) is 0 Å². The molecule has 0 amide bonds. The summed E-state index contributed by atoms with van der Waals surface area (Å²) in [5.74, 6) is 0.739. The van der Waals surface area contributed by atoms with Crippen molar-refractivity contribution in [3.05, 3.63) is 23.8 Å². The largest absolute Gasteiger partial charge is 0.507 e. The molecule has 0 atom stereocenters. The summed E-state index contributed by atoms with van der Waals surface area (Å²) in [5, 5.41) is 17.1. The zero-order chi connectivity index (χ0) is 15.5. The van der Waals surface area contributed by atoms with Crippen molar-refractivity contribution >= 4 is 23.5 Å². The van der Waals surface area contributed by atoms with Crippen LogP contribution in [0, 0.1) is 0 Å². The number of thiocarbonyl (C=S) groups is 1. The quantitative estimate of drug-likeness (QED) is 0.293. The van der Waals surface area contributed by atoms with E-state index in [2.05, 4.69) is 15.8 Å². The number of nitrogens with one attached hydrogen (secondary N) is 2. The maximum absolute atomic E-state index is 9.87. The molecule has 0 bridgehead atoms. The van der Waals surface area contributed by atoms with E-state index in [1.807, 2.05) is 6.92 Å². The van der Waals surface area contributed by atoms with Gasteiger partial charge in [0.15, 0.2) is 5.11 Å². The molecular formula is C14H21N3O3S. The first-order valence-corrected chi connectivity index (χ1v) is 7.09. The molecular weight excluding hydrogens is 290 g/mol. The normalized spacial score (nSPS) is 10.6. The number of phenolic OH excluding ortho intramolecular Hbond substituents is 1. The Labute approximate surface area is 130 Å². The van der Waals surface area contributed by atoms with Crippen molar-refractivity contribution in [2.75, 3.05) is 26.9 Å². The molecule has 21 heavy (non-hydrogen) atoms. The van der Waals surface area contributed by atoms with Crippen molar-refractivity contribution in [3.63, 3.8) is 0 Å². The molecule has 0 heterocycles. The molecule has 0 aliphatic heterocycles. The molecule has 7 heteroatoms. The first kappa shape index (κ1) is 17.2. The molecule has 0 saturated heterocycles. The highest BCUT2D eigenvalue weighted by atomic mass is 32.1. The van der Waals surface area contributed by atoms with Crippen LogP contribution >= 0.6 is 12.2 Å². The molecule has 1 aromatic rings. The highest BCUT2D eigenvalue weighted by molar-refractivity contribution is 7.80. The van der Waals surface area contributed by atoms with E-state index in [1.165, 1.54) is 6.21 Å². The van der Waals surface area contributed by atoms with E-state index < -0.39 is 0 Å². The molecule has 3 N–H and O–H groups in total. The lowest BCUT2D eigenvalue weighted by Gasteiger charge is -2.07. The van der Waals surface area contributed by atoms with E-state index in [0.29, 0.717) is 36.2 Å². The number of hydrazone groups is 1. The monoisotopic (exact) mass is 311 g/mol. The van der Waals surface area contributed by atoms with Crippen molar-refractivity contribution in [3.8, 4) is 11.5 Å². The first-order chi connectivity index (χ1) is 10.2. The van der Waals surface area contributed by atoms with Crippen LogP contribution in [0.4, 0.5) is 0 Å². The summed E-state index contributed by atoms with van der Waals surface area (Å²) in [6.45, 7) is 3.81. The summed E-state index contributed by atoms with van der Waals surface area (Å²) in [6.07, 6.45) is 2.41. The Morgan fingerprint density at radius 1 is 1.43 bits per heavy atom. The molecule has 1 aromatic carbocycles. The SMILES string of the molecule is CCCOc1ccc(C=NNC(=S)NCCOC)c(O)c1. The number of benzene rings is 1. The number of hydrogen-bond donors (Lipinski definition) is 3. The van der Waals surface area contributed by atoms with Crippen molar-refractivity contribution in [1.29, 1.82) is 0 Å². The first-order valence-electron chi connectivity index (χ1n) is 6.69. The lowest BCUT2D eigenvalue weighted by Crippen LogP contribution is -2.34. The molecule has 0 unspecified atom stereocenters. The van der Waals surface area contributed by atoms with Crippen LogP contribution in [0.3, 0.4) is 0 Å². The van der Waals surface area contributed by atoms with E-state index in [4.69, 9.17) is 21.7 Å². The average molecular weight is 311 g/mol. The zero-order valence-electron chi connectivity index (χ0n) is 12.3. The minimum Gasteiger partial charge on any atom is -0.507 e. The second kappa shape index (κ2) is 9.95. The predicted molar refractivity (Wildman–Crippen MR) is 87.1 cm³/mol. The molecule has 0 saturated carbocycles. The summed E-state index contributed by atoms with van der Waals surface area (Å²) >= 11 is 5.01. The molecule has 0 aliphatic carbocycles. The molecule has 1 rings (SSSR count). The fraction of sp³-hybridized carbons (Fsp3) is 0.429. The number of hydrogen-bond acceptors (Lipinski definition) is 5. The van der Waals surface area contributed by atoms with Crippen molar-refractivity contribution in [1.82, 2.24) is 10.7 Å². The number of methoxy groups -OCH3 is 1. The standard InChI is InChI=1S/C14H21N3O3S/c1-3-7-20-12-5-4-11(13(18)9-12)10-16-17-14(21)15-6-8-19-2/h4-5,9-10,18H,3,6-8H2,1-2H3,(H2,15,17,21). The van der Waals surface area contributed by atoms with Gasteiger partial charge >= 0.3 is 0 Å². The van der Waals surface area contributed by atoms with Gasteiger partial charge in [-0.05, 0) is 30.8 Å². The van der Waals surface area contributed by atoms with Gasteiger partial charge in [-0.15, -0.1) is 0 Å². The lowest BCUT2D eigenvalue weighted by atomic mass is 10.2. The van der Waals surface area contributed by atoms with Crippen molar-refractivity contribution in [2.45, 2.75) is 13.3 Å². The zero-order valence-corrected chi connectivity index (χ0v) is 13.1. The van der Waals surface area contributed by atoms with Gasteiger partial charge in [0.1, 0.15) is 11.5 Å². The van der Waals surface area contributed by atoms with Gasteiger partial charge in [0.05, 0.1) is 19.4 Å². The Morgan fingerprint density at radius 2 is 2.24 bits per heavy atom. The van der Waals surface area contributed by atoms with E-state index in [-0.39, 0.29) is 5.75 Å². The highest BCUT2D eigenvalue weighted by Crippen LogP contribution is 2.22. The average Bonchev–Trinajstić information content (AvgIpc) is 2.47. The smallest absolute Gasteiger partial charge is 0.187 e. The minimum absolute atomic E-state index is 0.104. The van der Waals surface area contributed by atoms with E-state index in [0.717, 1.165) is 6.42 Å². The number of ether oxygens (including phenoxy) is 2. The summed E-state index contributed by atoms with van der Waals surface area (Å²) in [7, 11) is 1.62. The third kappa shape index (κ3) is 6.92. The Bertz CT molecular complexity index is 481. The van der Waals surface area contributed by atoms with Crippen LogP contribution in [0.5, 0.6) is 11.5 Å². The number of phenols is 1. The maximum atomic E-state index is 9.87. The van der Waals surface area contributed by atoms with Gasteiger partial charge in [0, 0.05) is 25.3 Å². The van der Waals surface area contributed by atoms with Gasteiger partial charge in [-0.25, -0.2) is 0 Å². The summed E-state index contributed by atoms with van der Waals surface area (Å²) in [4.78, 5) is 0. The number of aromatic hydroxyl groups is 1. The van der Waals surface area contributed by atoms with Gasteiger partial charge in [-0.2, -0.15) is 5.10 Å². The molecule has 0 fully saturated rings. The van der Waals surface area contributed by atoms with Crippen LogP contribution < -0.4 is 15.5 Å². The van der Waals surface area contributed by atoms with Crippen molar-refractivity contribution in [2.24, 2.45) is 5.10 Å². The summed E-state index contributed by atoms with van der Waals surface area (Å²) in [5.41, 5.74) is 3.23. The molecule has 0 aromatic heterocycles. The molecule has 0 radical (unpaired) electrons. The Kier molecular flexibility index (Phi) is 8.15. The van der Waals surface area contributed by atoms with Gasteiger partial charge < -0.3 is 19.9 Å². The Balaban J connectivity index is 2.46. The highest BCUT2D eigenvalue weighted by Gasteiger charge is 2.01. The second-order valence-electron chi connectivity index (χ2n) is 4.19. The number of nitrogens with zero attached hydrogens (tertiary/aromatic N) is 1. The molecule has 6 nitrogen and oxygen atoms in total. The summed E-state index contributed by atoms with van der Waals surface area (Å²) in [6, 6.07) is 5.07. The van der Waals surface area contributed by atoms with Crippen LogP contribution in [0.2, 0.25) is 0 Å². The van der Waals surface area contributed by atoms with Crippen LogP contribution in [0.15, 0.2) is 23.3 Å². The van der Waals surface area contributed by atoms with Crippen LogP contribution in [0.25, 0.3) is 0 Å². The van der Waals surface area contributed by atoms with Gasteiger partial charge in [-0.1, -0.05) is 6.92 Å². The lowest BCUT2D eigenvalue weighted by molar-refractivity contribution is 0.204. The third-order valence-electron chi connectivity index (χ3n) is 2.44.